The molecule has 0 aliphatic heterocycles. The number of aliphatic hydroxyl groups excluding tert-OH is 1. The van der Waals surface area contributed by atoms with Crippen LogP contribution in [0.1, 0.15) is 24.4 Å². The van der Waals surface area contributed by atoms with Crippen molar-refractivity contribution >= 4 is 0 Å². The third-order valence-corrected chi connectivity index (χ3v) is 3.93. The van der Waals surface area contributed by atoms with E-state index < -0.39 is 6.10 Å². The standard InChI is InChI=1S/C20H21NO2/c1-15(20(22)17-10-6-3-7-11-17)21-14-18-12-13-19(23-18)16-8-4-2-5-9-16/h2-13,15,20-22H,14H2,1H3/t15-,20+/m0/s1. The number of hydrogen-bond donors (Lipinski definition) is 2. The molecule has 1 aromatic heterocycles. The van der Waals surface area contributed by atoms with Gasteiger partial charge in [0.05, 0.1) is 12.6 Å². The Morgan fingerprint density at radius 1 is 0.913 bits per heavy atom. The van der Waals surface area contributed by atoms with Crippen LogP contribution >= 0.6 is 0 Å². The minimum atomic E-state index is -0.542. The van der Waals surface area contributed by atoms with Gasteiger partial charge in [0.2, 0.25) is 0 Å². The van der Waals surface area contributed by atoms with Gasteiger partial charge in [0.1, 0.15) is 11.5 Å². The fourth-order valence-electron chi connectivity index (χ4n) is 2.54. The lowest BCUT2D eigenvalue weighted by Gasteiger charge is -2.20. The maximum absolute atomic E-state index is 10.4. The van der Waals surface area contributed by atoms with Gasteiger partial charge in [-0.25, -0.2) is 0 Å². The number of aliphatic hydroxyl groups is 1. The number of rotatable bonds is 6. The predicted octanol–water partition coefficient (Wildman–Crippen LogP) is 4.16. The molecule has 0 saturated carbocycles. The molecule has 118 valence electrons. The molecule has 3 aromatic rings. The van der Waals surface area contributed by atoms with Crippen LogP contribution in [-0.4, -0.2) is 11.1 Å². The highest BCUT2D eigenvalue weighted by Gasteiger charge is 2.16. The van der Waals surface area contributed by atoms with Gasteiger partial charge in [0.15, 0.2) is 0 Å². The number of furan rings is 1. The second-order valence-electron chi connectivity index (χ2n) is 5.66. The third kappa shape index (κ3) is 3.89. The van der Waals surface area contributed by atoms with E-state index in [1.807, 2.05) is 79.7 Å². The van der Waals surface area contributed by atoms with E-state index in [1.54, 1.807) is 0 Å². The molecule has 0 radical (unpaired) electrons. The van der Waals surface area contributed by atoms with E-state index in [0.717, 1.165) is 22.6 Å². The summed E-state index contributed by atoms with van der Waals surface area (Å²) in [7, 11) is 0. The van der Waals surface area contributed by atoms with Crippen LogP contribution in [0.5, 0.6) is 0 Å². The van der Waals surface area contributed by atoms with Gasteiger partial charge < -0.3 is 14.8 Å². The van der Waals surface area contributed by atoms with Crippen LogP contribution in [0.3, 0.4) is 0 Å². The quantitative estimate of drug-likeness (QED) is 0.719. The largest absolute Gasteiger partial charge is 0.460 e. The highest BCUT2D eigenvalue weighted by Crippen LogP contribution is 2.22. The summed E-state index contributed by atoms with van der Waals surface area (Å²) >= 11 is 0. The van der Waals surface area contributed by atoms with Gasteiger partial charge >= 0.3 is 0 Å². The second-order valence-corrected chi connectivity index (χ2v) is 5.66. The van der Waals surface area contributed by atoms with Gasteiger partial charge in [0, 0.05) is 11.6 Å². The molecule has 3 rings (SSSR count). The van der Waals surface area contributed by atoms with Gasteiger partial charge in [-0.2, -0.15) is 0 Å². The van der Waals surface area contributed by atoms with Gasteiger partial charge in [-0.15, -0.1) is 0 Å². The SMILES string of the molecule is C[C@H](NCc1ccc(-c2ccccc2)o1)[C@@H](O)c1ccccc1. The molecule has 0 amide bonds. The van der Waals surface area contributed by atoms with Gasteiger partial charge in [-0.3, -0.25) is 0 Å². The van der Waals surface area contributed by atoms with E-state index >= 15 is 0 Å². The molecule has 0 aliphatic rings. The molecule has 3 heteroatoms. The Kier molecular flexibility index (Phi) is 4.91. The van der Waals surface area contributed by atoms with Gasteiger partial charge in [0.25, 0.3) is 0 Å². The molecule has 0 aliphatic carbocycles. The van der Waals surface area contributed by atoms with E-state index in [1.165, 1.54) is 0 Å². The van der Waals surface area contributed by atoms with Crippen LogP contribution in [0.15, 0.2) is 77.2 Å². The molecule has 0 spiro atoms. The molecule has 23 heavy (non-hydrogen) atoms. The van der Waals surface area contributed by atoms with Crippen molar-refractivity contribution in [2.45, 2.75) is 25.6 Å². The van der Waals surface area contributed by atoms with Crippen LogP contribution < -0.4 is 5.32 Å². The summed E-state index contributed by atoms with van der Waals surface area (Å²) < 4.78 is 5.86. The van der Waals surface area contributed by atoms with Crippen molar-refractivity contribution in [3.8, 4) is 11.3 Å². The molecular formula is C20H21NO2. The van der Waals surface area contributed by atoms with Gasteiger partial charge in [-0.05, 0) is 24.6 Å². The normalized spacial score (nSPS) is 13.7. The average Bonchev–Trinajstić information content (AvgIpc) is 3.09. The van der Waals surface area contributed by atoms with Crippen molar-refractivity contribution < 1.29 is 9.52 Å². The first-order chi connectivity index (χ1) is 11.2. The fraction of sp³-hybridized carbons (Fsp3) is 0.200. The summed E-state index contributed by atoms with van der Waals surface area (Å²) in [4.78, 5) is 0. The van der Waals surface area contributed by atoms with Crippen molar-refractivity contribution in [1.82, 2.24) is 5.32 Å². The van der Waals surface area contributed by atoms with Crippen molar-refractivity contribution in [3.63, 3.8) is 0 Å². The first-order valence-corrected chi connectivity index (χ1v) is 7.84. The lowest BCUT2D eigenvalue weighted by Crippen LogP contribution is -2.31. The van der Waals surface area contributed by atoms with Crippen LogP contribution in [-0.2, 0) is 6.54 Å². The van der Waals surface area contributed by atoms with Gasteiger partial charge in [-0.1, -0.05) is 60.7 Å². The molecule has 2 aromatic carbocycles. The summed E-state index contributed by atoms with van der Waals surface area (Å²) in [5.41, 5.74) is 1.98. The van der Waals surface area contributed by atoms with E-state index in [-0.39, 0.29) is 6.04 Å². The molecule has 0 saturated heterocycles. The molecule has 0 unspecified atom stereocenters. The Morgan fingerprint density at radius 2 is 1.57 bits per heavy atom. The zero-order chi connectivity index (χ0) is 16.1. The highest BCUT2D eigenvalue weighted by molar-refractivity contribution is 5.57. The Balaban J connectivity index is 1.59. The highest BCUT2D eigenvalue weighted by atomic mass is 16.3. The lowest BCUT2D eigenvalue weighted by atomic mass is 10.0. The predicted molar refractivity (Wildman–Crippen MR) is 91.8 cm³/mol. The first-order valence-electron chi connectivity index (χ1n) is 7.84. The van der Waals surface area contributed by atoms with Crippen LogP contribution in [0.25, 0.3) is 11.3 Å². The van der Waals surface area contributed by atoms with Crippen LogP contribution in [0.4, 0.5) is 0 Å². The number of nitrogens with one attached hydrogen (secondary N) is 1. The smallest absolute Gasteiger partial charge is 0.134 e. The minimum Gasteiger partial charge on any atom is -0.460 e. The summed E-state index contributed by atoms with van der Waals surface area (Å²) in [6, 6.07) is 23.6. The minimum absolute atomic E-state index is 0.0670. The van der Waals surface area contributed by atoms with E-state index in [2.05, 4.69) is 5.32 Å². The molecule has 0 bridgehead atoms. The maximum atomic E-state index is 10.4. The fourth-order valence-corrected chi connectivity index (χ4v) is 2.54. The number of benzene rings is 2. The second kappa shape index (κ2) is 7.27. The Labute approximate surface area is 136 Å². The van der Waals surface area contributed by atoms with Crippen molar-refractivity contribution in [2.75, 3.05) is 0 Å². The Hall–Kier alpha value is -2.36. The first kappa shape index (κ1) is 15.5. The van der Waals surface area contributed by atoms with Crippen molar-refractivity contribution in [1.29, 1.82) is 0 Å². The molecule has 3 nitrogen and oxygen atoms in total. The summed E-state index contributed by atoms with van der Waals surface area (Å²) in [6.07, 6.45) is -0.542. The van der Waals surface area contributed by atoms with Crippen molar-refractivity contribution in [3.05, 3.63) is 84.1 Å². The third-order valence-electron chi connectivity index (χ3n) is 3.93. The Morgan fingerprint density at radius 3 is 2.26 bits per heavy atom. The molecule has 2 N–H and O–H groups in total. The molecule has 2 atom stereocenters. The van der Waals surface area contributed by atoms with E-state index in [0.29, 0.717) is 6.54 Å². The average molecular weight is 307 g/mol. The summed E-state index contributed by atoms with van der Waals surface area (Å²) in [5.74, 6) is 1.72. The monoisotopic (exact) mass is 307 g/mol. The summed E-state index contributed by atoms with van der Waals surface area (Å²) in [6.45, 7) is 2.55. The number of hydrogen-bond acceptors (Lipinski definition) is 3. The topological polar surface area (TPSA) is 45.4 Å². The van der Waals surface area contributed by atoms with Crippen LogP contribution in [0.2, 0.25) is 0 Å². The molecule has 1 heterocycles. The zero-order valence-electron chi connectivity index (χ0n) is 13.1. The lowest BCUT2D eigenvalue weighted by molar-refractivity contribution is 0.134. The Bertz CT molecular complexity index is 722. The zero-order valence-corrected chi connectivity index (χ0v) is 13.1. The maximum Gasteiger partial charge on any atom is 0.134 e. The van der Waals surface area contributed by atoms with E-state index in [9.17, 15) is 5.11 Å². The van der Waals surface area contributed by atoms with Crippen molar-refractivity contribution in [2.24, 2.45) is 0 Å². The molecular weight excluding hydrogens is 286 g/mol. The molecule has 0 fully saturated rings. The summed E-state index contributed by atoms with van der Waals surface area (Å²) in [5, 5.41) is 13.7. The van der Waals surface area contributed by atoms with Crippen LogP contribution in [0, 0.1) is 0 Å². The van der Waals surface area contributed by atoms with E-state index in [4.69, 9.17) is 4.42 Å².